The van der Waals surface area contributed by atoms with Crippen molar-refractivity contribution >= 4 is 55.3 Å². The van der Waals surface area contributed by atoms with Gasteiger partial charge in [-0.1, -0.05) is 49.2 Å². The molecular weight excluding hydrogens is 474 g/mol. The van der Waals surface area contributed by atoms with Gasteiger partial charge in [-0.05, 0) is 37.0 Å². The lowest BCUT2D eigenvalue weighted by atomic mass is 10.0. The Morgan fingerprint density at radius 2 is 2.00 bits per heavy atom. The number of hydrogen-bond donors (Lipinski definition) is 1. The number of nitrogens with zero attached hydrogens (tertiary/aromatic N) is 2. The number of aryl methyl sites for hydroxylation is 1. The number of aromatic nitrogens is 1. The first-order chi connectivity index (χ1) is 14.9. The minimum Gasteiger partial charge on any atom is -0.301 e. The van der Waals surface area contributed by atoms with E-state index in [4.69, 9.17) is 11.6 Å². The van der Waals surface area contributed by atoms with E-state index in [1.165, 1.54) is 27.3 Å². The number of carbonyl (C=O) groups excluding carboxylic acids is 1. The lowest BCUT2D eigenvalue weighted by Gasteiger charge is -2.32. The van der Waals surface area contributed by atoms with E-state index in [1.54, 1.807) is 6.07 Å². The van der Waals surface area contributed by atoms with Gasteiger partial charge in [-0.3, -0.25) is 4.79 Å². The van der Waals surface area contributed by atoms with Crippen molar-refractivity contribution in [3.8, 4) is 11.3 Å². The molecule has 0 spiro atoms. The first-order valence-electron chi connectivity index (χ1n) is 10.0. The Morgan fingerprint density at radius 1 is 1.23 bits per heavy atom. The van der Waals surface area contributed by atoms with Gasteiger partial charge in [0, 0.05) is 17.5 Å². The Bertz CT molecular complexity index is 1170. The first kappa shape index (κ1) is 22.4. The van der Waals surface area contributed by atoms with Crippen molar-refractivity contribution in [1.29, 1.82) is 0 Å². The standard InChI is InChI=1S/C21H22ClN3O3S3/c1-2-14-6-8-15(9-7-14)16-13-29-21(23-16)24-20(26)17-5-3-4-12-25(17)31(27,28)19-11-10-18(22)30-19/h6-11,13,17H,2-5,12H2,1H3,(H,23,24,26). The highest BCUT2D eigenvalue weighted by Gasteiger charge is 2.38. The van der Waals surface area contributed by atoms with Crippen molar-refractivity contribution < 1.29 is 13.2 Å². The molecule has 0 aliphatic carbocycles. The second-order valence-electron chi connectivity index (χ2n) is 7.26. The third-order valence-electron chi connectivity index (χ3n) is 5.26. The Labute approximate surface area is 194 Å². The van der Waals surface area contributed by atoms with E-state index in [1.807, 2.05) is 17.5 Å². The summed E-state index contributed by atoms with van der Waals surface area (Å²) in [6.07, 6.45) is 2.96. The van der Waals surface area contributed by atoms with Crippen molar-refractivity contribution in [2.45, 2.75) is 42.9 Å². The number of halogens is 1. The molecule has 0 radical (unpaired) electrons. The molecule has 1 N–H and O–H groups in total. The zero-order valence-corrected chi connectivity index (χ0v) is 20.1. The van der Waals surface area contributed by atoms with E-state index in [9.17, 15) is 13.2 Å². The highest BCUT2D eigenvalue weighted by Crippen LogP contribution is 2.32. The van der Waals surface area contributed by atoms with Crippen LogP contribution in [0.15, 0.2) is 46.0 Å². The van der Waals surface area contributed by atoms with Crippen LogP contribution in [-0.4, -0.2) is 36.2 Å². The molecule has 1 aliphatic rings. The summed E-state index contributed by atoms with van der Waals surface area (Å²) in [7, 11) is -3.78. The highest BCUT2D eigenvalue weighted by atomic mass is 35.5. The monoisotopic (exact) mass is 495 g/mol. The third kappa shape index (κ3) is 4.85. The number of thiazole rings is 1. The third-order valence-corrected chi connectivity index (χ3v) is 9.62. The van der Waals surface area contributed by atoms with Gasteiger partial charge in [-0.15, -0.1) is 22.7 Å². The largest absolute Gasteiger partial charge is 0.301 e. The zero-order valence-electron chi connectivity index (χ0n) is 16.9. The number of rotatable bonds is 6. The fourth-order valence-corrected chi connectivity index (χ4v) is 7.56. The van der Waals surface area contributed by atoms with Crippen molar-refractivity contribution in [3.05, 3.63) is 51.7 Å². The number of nitrogens with one attached hydrogen (secondary N) is 1. The second-order valence-corrected chi connectivity index (χ2v) is 12.0. The zero-order chi connectivity index (χ0) is 22.0. The summed E-state index contributed by atoms with van der Waals surface area (Å²) in [6, 6.07) is 10.4. The van der Waals surface area contributed by atoms with Gasteiger partial charge in [-0.2, -0.15) is 4.31 Å². The summed E-state index contributed by atoms with van der Waals surface area (Å²) in [5, 5.41) is 5.17. The molecule has 10 heteroatoms. The Hall–Kier alpha value is -1.78. The molecule has 1 saturated heterocycles. The maximum absolute atomic E-state index is 13.1. The van der Waals surface area contributed by atoms with Gasteiger partial charge >= 0.3 is 0 Å². The van der Waals surface area contributed by atoms with Crippen molar-refractivity contribution in [3.63, 3.8) is 0 Å². The van der Waals surface area contributed by atoms with Crippen LogP contribution in [0.5, 0.6) is 0 Å². The number of carbonyl (C=O) groups is 1. The molecule has 1 fully saturated rings. The molecule has 1 atom stereocenters. The Balaban J connectivity index is 1.51. The van der Waals surface area contributed by atoms with Gasteiger partial charge in [0.05, 0.1) is 10.0 Å². The highest BCUT2D eigenvalue weighted by molar-refractivity contribution is 7.91. The summed E-state index contributed by atoms with van der Waals surface area (Å²) in [6.45, 7) is 2.41. The molecule has 1 aromatic carbocycles. The molecule has 1 amide bonds. The van der Waals surface area contributed by atoms with Gasteiger partial charge in [0.25, 0.3) is 10.0 Å². The number of anilines is 1. The van der Waals surface area contributed by atoms with Crippen LogP contribution in [0, 0.1) is 0 Å². The van der Waals surface area contributed by atoms with Crippen LogP contribution >= 0.6 is 34.3 Å². The lowest BCUT2D eigenvalue weighted by molar-refractivity contribution is -0.120. The van der Waals surface area contributed by atoms with E-state index in [-0.39, 0.29) is 10.1 Å². The van der Waals surface area contributed by atoms with Gasteiger partial charge in [0.15, 0.2) is 5.13 Å². The predicted octanol–water partition coefficient (Wildman–Crippen LogP) is 5.27. The molecule has 2 aromatic heterocycles. The van der Waals surface area contributed by atoms with E-state index in [0.29, 0.717) is 22.4 Å². The normalized spacial score (nSPS) is 17.5. The minimum atomic E-state index is -3.78. The number of hydrogen-bond acceptors (Lipinski definition) is 6. The van der Waals surface area contributed by atoms with Gasteiger partial charge in [0.2, 0.25) is 5.91 Å². The maximum Gasteiger partial charge on any atom is 0.253 e. The lowest BCUT2D eigenvalue weighted by Crippen LogP contribution is -2.49. The van der Waals surface area contributed by atoms with Crippen LogP contribution in [0.2, 0.25) is 4.34 Å². The average molecular weight is 496 g/mol. The van der Waals surface area contributed by atoms with Crippen LogP contribution in [0.25, 0.3) is 11.3 Å². The Kier molecular flexibility index (Phi) is 6.78. The van der Waals surface area contributed by atoms with E-state index >= 15 is 0 Å². The second kappa shape index (κ2) is 9.38. The minimum absolute atomic E-state index is 0.157. The van der Waals surface area contributed by atoms with E-state index in [0.717, 1.165) is 41.9 Å². The average Bonchev–Trinajstić information content (AvgIpc) is 3.43. The smallest absolute Gasteiger partial charge is 0.253 e. The Morgan fingerprint density at radius 3 is 2.68 bits per heavy atom. The number of sulfonamides is 1. The van der Waals surface area contributed by atoms with Crippen molar-refractivity contribution in [2.24, 2.45) is 0 Å². The SMILES string of the molecule is CCc1ccc(-c2csc(NC(=O)C3CCCCN3S(=O)(=O)c3ccc(Cl)s3)n2)cc1. The van der Waals surface area contributed by atoms with Gasteiger partial charge in [-0.25, -0.2) is 13.4 Å². The molecule has 31 heavy (non-hydrogen) atoms. The topological polar surface area (TPSA) is 79.4 Å². The summed E-state index contributed by atoms with van der Waals surface area (Å²) < 4.78 is 28.0. The summed E-state index contributed by atoms with van der Waals surface area (Å²) in [5.41, 5.74) is 3.01. The van der Waals surface area contributed by atoms with Crippen LogP contribution in [0.3, 0.4) is 0 Å². The molecule has 3 heterocycles. The van der Waals surface area contributed by atoms with Crippen LogP contribution < -0.4 is 5.32 Å². The fourth-order valence-electron chi connectivity index (χ4n) is 3.57. The fraction of sp³-hybridized carbons (Fsp3) is 0.333. The molecular formula is C21H22ClN3O3S3. The molecule has 0 bridgehead atoms. The number of amides is 1. The molecule has 4 rings (SSSR count). The maximum atomic E-state index is 13.1. The van der Waals surface area contributed by atoms with Crippen LogP contribution in [0.1, 0.15) is 31.7 Å². The molecule has 1 unspecified atom stereocenters. The number of benzene rings is 1. The number of thiophene rings is 1. The number of piperidine rings is 1. The van der Waals surface area contributed by atoms with Crippen LogP contribution in [0.4, 0.5) is 5.13 Å². The summed E-state index contributed by atoms with van der Waals surface area (Å²) in [4.78, 5) is 17.5. The van der Waals surface area contributed by atoms with Crippen LogP contribution in [-0.2, 0) is 21.2 Å². The van der Waals surface area contributed by atoms with E-state index < -0.39 is 16.1 Å². The molecule has 164 valence electrons. The summed E-state index contributed by atoms with van der Waals surface area (Å²) >= 11 is 8.26. The molecule has 1 aliphatic heterocycles. The van der Waals surface area contributed by atoms with E-state index in [2.05, 4.69) is 29.4 Å². The summed E-state index contributed by atoms with van der Waals surface area (Å²) in [5.74, 6) is -0.354. The molecule has 0 saturated carbocycles. The predicted molar refractivity (Wildman–Crippen MR) is 126 cm³/mol. The van der Waals surface area contributed by atoms with Gasteiger partial charge < -0.3 is 5.32 Å². The van der Waals surface area contributed by atoms with Crippen molar-refractivity contribution in [2.75, 3.05) is 11.9 Å². The molecule has 3 aromatic rings. The molecule has 6 nitrogen and oxygen atoms in total. The quantitative estimate of drug-likeness (QED) is 0.505. The van der Waals surface area contributed by atoms with Gasteiger partial charge in [0.1, 0.15) is 10.3 Å². The van der Waals surface area contributed by atoms with Crippen molar-refractivity contribution in [1.82, 2.24) is 9.29 Å². The first-order valence-corrected chi connectivity index (χ1v) is 13.5.